The number of benzene rings is 1. The fourth-order valence-corrected chi connectivity index (χ4v) is 2.32. The van der Waals surface area contributed by atoms with E-state index in [0.717, 1.165) is 18.2 Å². The van der Waals surface area contributed by atoms with E-state index in [1.165, 1.54) is 12.1 Å². The maximum absolute atomic E-state index is 13.2. The molecule has 134 valence electrons. The number of nitrogens with zero attached hydrogens (tertiary/aromatic N) is 1. The van der Waals surface area contributed by atoms with Crippen LogP contribution >= 0.6 is 24.8 Å². The number of aromatic nitrogens is 1. The van der Waals surface area contributed by atoms with Crippen LogP contribution in [0.5, 0.6) is 0 Å². The predicted octanol–water partition coefficient (Wildman–Crippen LogP) is 3.77. The molecule has 0 spiro atoms. The molecule has 0 saturated carbocycles. The van der Waals surface area contributed by atoms with Gasteiger partial charge < -0.3 is 11.1 Å². The highest BCUT2D eigenvalue weighted by molar-refractivity contribution is 5.98. The highest BCUT2D eigenvalue weighted by Crippen LogP contribution is 2.18. The van der Waals surface area contributed by atoms with Crippen molar-refractivity contribution in [2.45, 2.75) is 39.2 Å². The fraction of sp³-hybridized carbons (Fsp3) is 0.412. The van der Waals surface area contributed by atoms with Crippen LogP contribution in [0.15, 0.2) is 24.3 Å². The average molecular weight is 376 g/mol. The second-order valence-corrected chi connectivity index (χ2v) is 5.71. The Hall–Kier alpha value is -1.43. The Morgan fingerprint density at radius 3 is 2.46 bits per heavy atom. The molecule has 1 aromatic heterocycles. The molecular formula is C17H24Cl2FN3O. The van der Waals surface area contributed by atoms with Crippen molar-refractivity contribution in [1.82, 2.24) is 10.3 Å². The van der Waals surface area contributed by atoms with Gasteiger partial charge in [-0.1, -0.05) is 13.8 Å². The third-order valence-corrected chi connectivity index (χ3v) is 4.22. The number of pyridine rings is 1. The van der Waals surface area contributed by atoms with Crippen molar-refractivity contribution in [1.29, 1.82) is 0 Å². The molecule has 4 nitrogen and oxygen atoms in total. The summed E-state index contributed by atoms with van der Waals surface area (Å²) in [5.74, 6) is -0.539. The number of carbonyl (C=O) groups is 1. The Kier molecular flexibility index (Phi) is 8.61. The number of rotatable bonds is 5. The molecule has 24 heavy (non-hydrogen) atoms. The summed E-state index contributed by atoms with van der Waals surface area (Å²) in [7, 11) is 0. The molecule has 0 fully saturated rings. The van der Waals surface area contributed by atoms with Gasteiger partial charge in [0.2, 0.25) is 0 Å². The molecule has 1 aromatic carbocycles. The summed E-state index contributed by atoms with van der Waals surface area (Å²) in [6, 6.07) is 6.09. The van der Waals surface area contributed by atoms with Crippen molar-refractivity contribution >= 4 is 41.6 Å². The Morgan fingerprint density at radius 2 is 1.88 bits per heavy atom. The van der Waals surface area contributed by atoms with Gasteiger partial charge in [0.15, 0.2) is 0 Å². The molecule has 0 aliphatic carbocycles. The van der Waals surface area contributed by atoms with Gasteiger partial charge in [0.25, 0.3) is 5.91 Å². The Labute approximate surface area is 154 Å². The maximum Gasteiger partial charge on any atom is 0.253 e. The molecular weight excluding hydrogens is 352 g/mol. The lowest BCUT2D eigenvalue weighted by atomic mass is 9.94. The summed E-state index contributed by atoms with van der Waals surface area (Å²) in [6.45, 7) is 6.17. The van der Waals surface area contributed by atoms with Gasteiger partial charge in [-0.15, -0.1) is 24.8 Å². The first kappa shape index (κ1) is 22.6. The quantitative estimate of drug-likeness (QED) is 0.835. The van der Waals surface area contributed by atoms with Crippen LogP contribution in [0.2, 0.25) is 0 Å². The van der Waals surface area contributed by atoms with Crippen molar-refractivity contribution in [3.8, 4) is 0 Å². The summed E-state index contributed by atoms with van der Waals surface area (Å²) in [6.07, 6.45) is 1.58. The molecule has 0 aliphatic heterocycles. The van der Waals surface area contributed by atoms with Gasteiger partial charge in [-0.25, -0.2) is 4.39 Å². The van der Waals surface area contributed by atoms with E-state index in [9.17, 15) is 9.18 Å². The summed E-state index contributed by atoms with van der Waals surface area (Å²) in [4.78, 5) is 16.7. The number of aryl methyl sites for hydroxylation is 1. The Morgan fingerprint density at radius 1 is 1.25 bits per heavy atom. The third-order valence-electron chi connectivity index (χ3n) is 4.22. The summed E-state index contributed by atoms with van der Waals surface area (Å²) in [5, 5.41) is 3.62. The molecule has 0 bridgehead atoms. The maximum atomic E-state index is 13.2. The molecule has 3 N–H and O–H groups in total. The molecule has 1 amide bonds. The molecule has 7 heteroatoms. The number of nitrogens with two attached hydrogens (primary N) is 1. The van der Waals surface area contributed by atoms with Crippen molar-refractivity contribution in [2.24, 2.45) is 5.73 Å². The number of amides is 1. The van der Waals surface area contributed by atoms with Gasteiger partial charge >= 0.3 is 0 Å². The highest BCUT2D eigenvalue weighted by atomic mass is 35.5. The first-order valence-corrected chi connectivity index (χ1v) is 7.52. The van der Waals surface area contributed by atoms with E-state index in [1.807, 2.05) is 13.8 Å². The SMILES string of the molecule is CCC(N)(CC)CNC(=O)c1cc2ccc(F)cc2nc1C.Cl.Cl. The second-order valence-electron chi connectivity index (χ2n) is 5.71. The van der Waals surface area contributed by atoms with Crippen LogP contribution in [0.1, 0.15) is 42.7 Å². The third kappa shape index (κ3) is 5.03. The zero-order valence-electron chi connectivity index (χ0n) is 14.1. The number of halogens is 3. The summed E-state index contributed by atoms with van der Waals surface area (Å²) in [5.41, 5.74) is 7.42. The van der Waals surface area contributed by atoms with Crippen LogP contribution in [-0.4, -0.2) is 23.0 Å². The number of fused-ring (bicyclic) bond motifs is 1. The molecule has 2 aromatic rings. The lowest BCUT2D eigenvalue weighted by molar-refractivity contribution is 0.0941. The van der Waals surface area contributed by atoms with Gasteiger partial charge in [0, 0.05) is 23.5 Å². The standard InChI is InChI=1S/C17H22FN3O.2ClH/c1-4-17(19,5-2)10-20-16(22)14-8-12-6-7-13(18)9-15(12)21-11(14)3;;/h6-9H,4-5,10,19H2,1-3H3,(H,20,22);2*1H. The molecule has 0 unspecified atom stereocenters. The fourth-order valence-electron chi connectivity index (χ4n) is 2.32. The van der Waals surface area contributed by atoms with Crippen LogP contribution in [0.25, 0.3) is 10.9 Å². The normalized spacial score (nSPS) is 10.7. The van der Waals surface area contributed by atoms with Gasteiger partial charge in [-0.05, 0) is 38.0 Å². The van der Waals surface area contributed by atoms with Gasteiger partial charge in [0.1, 0.15) is 5.82 Å². The van der Waals surface area contributed by atoms with Gasteiger partial charge in [-0.2, -0.15) is 0 Å². The molecule has 2 rings (SSSR count). The van der Waals surface area contributed by atoms with E-state index in [1.54, 1.807) is 19.1 Å². The summed E-state index contributed by atoms with van der Waals surface area (Å²) < 4.78 is 13.2. The monoisotopic (exact) mass is 375 g/mol. The van der Waals surface area contributed by atoms with E-state index in [-0.39, 0.29) is 36.5 Å². The predicted molar refractivity (Wildman–Crippen MR) is 101 cm³/mol. The molecule has 0 saturated heterocycles. The minimum absolute atomic E-state index is 0. The van der Waals surface area contributed by atoms with E-state index < -0.39 is 5.54 Å². The van der Waals surface area contributed by atoms with E-state index in [2.05, 4.69) is 10.3 Å². The summed E-state index contributed by atoms with van der Waals surface area (Å²) >= 11 is 0. The van der Waals surface area contributed by atoms with Crippen molar-refractivity contribution in [2.75, 3.05) is 6.54 Å². The van der Waals surface area contributed by atoms with E-state index in [4.69, 9.17) is 5.73 Å². The minimum Gasteiger partial charge on any atom is -0.350 e. The van der Waals surface area contributed by atoms with E-state index >= 15 is 0 Å². The smallest absolute Gasteiger partial charge is 0.253 e. The van der Waals surface area contributed by atoms with Crippen LogP contribution in [0.3, 0.4) is 0 Å². The lowest BCUT2D eigenvalue weighted by Gasteiger charge is -2.26. The van der Waals surface area contributed by atoms with Crippen molar-refractivity contribution in [3.63, 3.8) is 0 Å². The largest absolute Gasteiger partial charge is 0.350 e. The highest BCUT2D eigenvalue weighted by Gasteiger charge is 2.22. The molecule has 1 heterocycles. The van der Waals surface area contributed by atoms with Gasteiger partial charge in [-0.3, -0.25) is 9.78 Å². The molecule has 0 aliphatic rings. The lowest BCUT2D eigenvalue weighted by Crippen LogP contribution is -2.49. The Balaban J connectivity index is 0.00000264. The van der Waals surface area contributed by atoms with E-state index in [0.29, 0.717) is 23.3 Å². The first-order chi connectivity index (χ1) is 10.4. The van der Waals surface area contributed by atoms with Crippen LogP contribution < -0.4 is 11.1 Å². The number of carbonyl (C=O) groups excluding carboxylic acids is 1. The molecule has 0 radical (unpaired) electrons. The topological polar surface area (TPSA) is 68.0 Å². The first-order valence-electron chi connectivity index (χ1n) is 7.52. The zero-order chi connectivity index (χ0) is 16.3. The second kappa shape index (κ2) is 9.16. The number of hydrogen-bond acceptors (Lipinski definition) is 3. The van der Waals surface area contributed by atoms with Gasteiger partial charge in [0.05, 0.1) is 16.8 Å². The van der Waals surface area contributed by atoms with Crippen LogP contribution in [0.4, 0.5) is 4.39 Å². The Bertz CT molecular complexity index is 706. The van der Waals surface area contributed by atoms with Crippen LogP contribution in [0, 0.1) is 12.7 Å². The number of hydrogen-bond donors (Lipinski definition) is 2. The van der Waals surface area contributed by atoms with Crippen LogP contribution in [-0.2, 0) is 0 Å². The van der Waals surface area contributed by atoms with Crippen molar-refractivity contribution in [3.05, 3.63) is 41.3 Å². The number of nitrogens with one attached hydrogen (secondary N) is 1. The minimum atomic E-state index is -0.392. The van der Waals surface area contributed by atoms with Crippen molar-refractivity contribution < 1.29 is 9.18 Å². The average Bonchev–Trinajstić information content (AvgIpc) is 2.51. The zero-order valence-corrected chi connectivity index (χ0v) is 15.7. The molecule has 0 atom stereocenters.